The number of rotatable bonds is 6. The number of nitrogens with one attached hydrogen (secondary N) is 1. The molecule has 0 aromatic heterocycles. The van der Waals surface area contributed by atoms with Gasteiger partial charge in [0.2, 0.25) is 5.91 Å². The van der Waals surface area contributed by atoms with Crippen LogP contribution < -0.4 is 5.32 Å². The molecule has 20 heavy (non-hydrogen) atoms. The predicted octanol–water partition coefficient (Wildman–Crippen LogP) is 3.54. The van der Waals surface area contributed by atoms with Crippen molar-refractivity contribution in [2.75, 3.05) is 5.75 Å². The summed E-state index contributed by atoms with van der Waals surface area (Å²) in [6.07, 6.45) is 0. The number of thioether (sulfide) groups is 1. The summed E-state index contributed by atoms with van der Waals surface area (Å²) in [5.74, 6) is 1.47. The molecule has 2 nitrogen and oxygen atoms in total. The molecule has 0 heterocycles. The Morgan fingerprint density at radius 3 is 2.50 bits per heavy atom. The van der Waals surface area contributed by atoms with Crippen LogP contribution in [-0.2, 0) is 17.1 Å². The number of carbonyl (C=O) groups is 1. The van der Waals surface area contributed by atoms with Crippen LogP contribution in [0.2, 0.25) is 0 Å². The molecule has 0 bridgehead atoms. The molecule has 3 heteroatoms. The molecule has 0 radical (unpaired) electrons. The minimum atomic E-state index is 0.0902. The third-order valence-electron chi connectivity index (χ3n) is 3.08. The van der Waals surface area contributed by atoms with Crippen LogP contribution in [0.25, 0.3) is 0 Å². The highest BCUT2D eigenvalue weighted by molar-refractivity contribution is 7.99. The van der Waals surface area contributed by atoms with E-state index in [0.717, 1.165) is 11.3 Å². The molecule has 0 fully saturated rings. The zero-order chi connectivity index (χ0) is 14.2. The van der Waals surface area contributed by atoms with Crippen molar-refractivity contribution in [2.24, 2.45) is 0 Å². The fourth-order valence-electron chi connectivity index (χ4n) is 1.87. The zero-order valence-electron chi connectivity index (χ0n) is 11.6. The third-order valence-corrected chi connectivity index (χ3v) is 4.07. The van der Waals surface area contributed by atoms with Gasteiger partial charge in [-0.2, -0.15) is 0 Å². The second kappa shape index (κ2) is 7.75. The number of carbonyl (C=O) groups excluding carboxylic acids is 1. The first kappa shape index (κ1) is 14.7. The highest BCUT2D eigenvalue weighted by Crippen LogP contribution is 2.15. The van der Waals surface area contributed by atoms with Crippen LogP contribution in [0.15, 0.2) is 54.6 Å². The smallest absolute Gasteiger partial charge is 0.230 e. The van der Waals surface area contributed by atoms with Gasteiger partial charge in [0.15, 0.2) is 0 Å². The number of hydrogen-bond acceptors (Lipinski definition) is 2. The van der Waals surface area contributed by atoms with Gasteiger partial charge in [0.1, 0.15) is 0 Å². The molecule has 0 aliphatic rings. The van der Waals surface area contributed by atoms with Crippen LogP contribution in [0.4, 0.5) is 0 Å². The highest BCUT2D eigenvalue weighted by Gasteiger charge is 2.03. The van der Waals surface area contributed by atoms with Gasteiger partial charge >= 0.3 is 0 Å². The van der Waals surface area contributed by atoms with Crippen LogP contribution in [-0.4, -0.2) is 11.7 Å². The Morgan fingerprint density at radius 1 is 1.05 bits per heavy atom. The van der Waals surface area contributed by atoms with Gasteiger partial charge in [0.25, 0.3) is 0 Å². The molecular formula is C17H19NOS. The normalized spacial score (nSPS) is 10.2. The summed E-state index contributed by atoms with van der Waals surface area (Å²) >= 11 is 1.65. The largest absolute Gasteiger partial charge is 0.351 e. The SMILES string of the molecule is Cc1ccccc1CSCC(=O)NCc1ccccc1. The lowest BCUT2D eigenvalue weighted by Crippen LogP contribution is -2.24. The Hall–Kier alpha value is -1.74. The number of amides is 1. The fourth-order valence-corrected chi connectivity index (χ4v) is 2.81. The van der Waals surface area contributed by atoms with Crippen LogP contribution in [0.5, 0.6) is 0 Å². The lowest BCUT2D eigenvalue weighted by atomic mass is 10.1. The Kier molecular flexibility index (Phi) is 5.69. The first-order chi connectivity index (χ1) is 9.75. The maximum Gasteiger partial charge on any atom is 0.230 e. The van der Waals surface area contributed by atoms with Crippen molar-refractivity contribution < 1.29 is 4.79 Å². The van der Waals surface area contributed by atoms with Gasteiger partial charge in [-0.3, -0.25) is 4.79 Å². The summed E-state index contributed by atoms with van der Waals surface area (Å²) in [6.45, 7) is 2.70. The number of benzene rings is 2. The van der Waals surface area contributed by atoms with E-state index in [-0.39, 0.29) is 5.91 Å². The molecule has 2 aromatic carbocycles. The van der Waals surface area contributed by atoms with Crippen molar-refractivity contribution >= 4 is 17.7 Å². The zero-order valence-corrected chi connectivity index (χ0v) is 12.5. The molecule has 104 valence electrons. The molecule has 1 N–H and O–H groups in total. The molecule has 0 atom stereocenters. The van der Waals surface area contributed by atoms with Crippen molar-refractivity contribution in [2.45, 2.75) is 19.2 Å². The molecule has 1 amide bonds. The van der Waals surface area contributed by atoms with Crippen LogP contribution in [0, 0.1) is 6.92 Å². The van der Waals surface area contributed by atoms with Gasteiger partial charge in [0.05, 0.1) is 5.75 Å². The van der Waals surface area contributed by atoms with E-state index in [1.807, 2.05) is 42.5 Å². The molecule has 0 unspecified atom stereocenters. The van der Waals surface area contributed by atoms with E-state index in [4.69, 9.17) is 0 Å². The van der Waals surface area contributed by atoms with Gasteiger partial charge in [-0.25, -0.2) is 0 Å². The summed E-state index contributed by atoms with van der Waals surface area (Å²) in [5.41, 5.74) is 3.71. The molecular weight excluding hydrogens is 266 g/mol. The van der Waals surface area contributed by atoms with Gasteiger partial charge in [0, 0.05) is 12.3 Å². The van der Waals surface area contributed by atoms with Crippen LogP contribution in [0.1, 0.15) is 16.7 Å². The van der Waals surface area contributed by atoms with Crippen LogP contribution in [0.3, 0.4) is 0 Å². The monoisotopic (exact) mass is 285 g/mol. The van der Waals surface area contributed by atoms with Crippen molar-refractivity contribution in [3.05, 3.63) is 71.3 Å². The standard InChI is InChI=1S/C17H19NOS/c1-14-7-5-6-10-16(14)12-20-13-17(19)18-11-15-8-3-2-4-9-15/h2-10H,11-13H2,1H3,(H,18,19). The second-order valence-electron chi connectivity index (χ2n) is 4.68. The minimum Gasteiger partial charge on any atom is -0.351 e. The van der Waals surface area contributed by atoms with Gasteiger partial charge in [-0.1, -0.05) is 54.6 Å². The molecule has 2 rings (SSSR count). The minimum absolute atomic E-state index is 0.0902. The Labute approximate surface area is 124 Å². The van der Waals surface area contributed by atoms with E-state index >= 15 is 0 Å². The second-order valence-corrected chi connectivity index (χ2v) is 5.67. The van der Waals surface area contributed by atoms with E-state index in [1.165, 1.54) is 11.1 Å². The maximum atomic E-state index is 11.8. The molecule has 0 aliphatic carbocycles. The van der Waals surface area contributed by atoms with E-state index in [0.29, 0.717) is 12.3 Å². The highest BCUT2D eigenvalue weighted by atomic mass is 32.2. The quantitative estimate of drug-likeness (QED) is 0.879. The number of aryl methyl sites for hydroxylation is 1. The topological polar surface area (TPSA) is 29.1 Å². The summed E-state index contributed by atoms with van der Waals surface area (Å²) in [7, 11) is 0. The van der Waals surface area contributed by atoms with Gasteiger partial charge in [-0.15, -0.1) is 11.8 Å². The summed E-state index contributed by atoms with van der Waals surface area (Å²) < 4.78 is 0. The van der Waals surface area contributed by atoms with Gasteiger partial charge in [-0.05, 0) is 23.6 Å². The Morgan fingerprint density at radius 2 is 1.75 bits per heavy atom. The van der Waals surface area contributed by atoms with Gasteiger partial charge < -0.3 is 5.32 Å². The van der Waals surface area contributed by atoms with E-state index in [1.54, 1.807) is 11.8 Å². The van der Waals surface area contributed by atoms with Crippen molar-refractivity contribution in [1.29, 1.82) is 0 Å². The Balaban J connectivity index is 1.69. The summed E-state index contributed by atoms with van der Waals surface area (Å²) in [6, 6.07) is 18.3. The first-order valence-corrected chi connectivity index (χ1v) is 7.84. The van der Waals surface area contributed by atoms with E-state index in [2.05, 4.69) is 24.4 Å². The van der Waals surface area contributed by atoms with Crippen molar-refractivity contribution in [1.82, 2.24) is 5.32 Å². The Bertz CT molecular complexity index is 554. The lowest BCUT2D eigenvalue weighted by molar-refractivity contribution is -0.118. The fraction of sp³-hybridized carbons (Fsp3) is 0.235. The lowest BCUT2D eigenvalue weighted by Gasteiger charge is -2.07. The van der Waals surface area contributed by atoms with E-state index < -0.39 is 0 Å². The molecule has 0 saturated carbocycles. The maximum absolute atomic E-state index is 11.8. The number of hydrogen-bond donors (Lipinski definition) is 1. The van der Waals surface area contributed by atoms with Crippen LogP contribution >= 0.6 is 11.8 Å². The molecule has 2 aromatic rings. The summed E-state index contributed by atoms with van der Waals surface area (Å²) in [5, 5.41) is 2.94. The van der Waals surface area contributed by atoms with Crippen molar-refractivity contribution in [3.8, 4) is 0 Å². The molecule has 0 aliphatic heterocycles. The van der Waals surface area contributed by atoms with E-state index in [9.17, 15) is 4.79 Å². The molecule has 0 saturated heterocycles. The third kappa shape index (κ3) is 4.74. The predicted molar refractivity (Wildman–Crippen MR) is 85.6 cm³/mol. The average molecular weight is 285 g/mol. The summed E-state index contributed by atoms with van der Waals surface area (Å²) in [4.78, 5) is 11.8. The first-order valence-electron chi connectivity index (χ1n) is 6.68. The van der Waals surface area contributed by atoms with Crippen molar-refractivity contribution in [3.63, 3.8) is 0 Å². The molecule has 0 spiro atoms. The average Bonchev–Trinajstić information content (AvgIpc) is 2.48.